The molecule has 1 saturated heterocycles. The van der Waals surface area contributed by atoms with Crippen molar-refractivity contribution in [1.29, 1.82) is 0 Å². The van der Waals surface area contributed by atoms with Gasteiger partial charge in [0.1, 0.15) is 11.8 Å². The van der Waals surface area contributed by atoms with Crippen molar-refractivity contribution >= 4 is 33.2 Å². The van der Waals surface area contributed by atoms with Gasteiger partial charge >= 0.3 is 0 Å². The van der Waals surface area contributed by atoms with Crippen LogP contribution in [0.4, 0.5) is 5.69 Å². The molecule has 1 N–H and O–H groups in total. The summed E-state index contributed by atoms with van der Waals surface area (Å²) in [7, 11) is -3.77. The number of amides is 1. The maximum Gasteiger partial charge on any atom is 0.243 e. The van der Waals surface area contributed by atoms with E-state index in [1.165, 1.54) is 28.6 Å². The predicted molar refractivity (Wildman–Crippen MR) is 109 cm³/mol. The third-order valence-corrected chi connectivity index (χ3v) is 6.59. The molecule has 1 aliphatic heterocycles. The zero-order valence-corrected chi connectivity index (χ0v) is 17.3. The highest BCUT2D eigenvalue weighted by atomic mass is 35.5. The molecule has 0 bridgehead atoms. The van der Waals surface area contributed by atoms with Gasteiger partial charge in [-0.25, -0.2) is 8.42 Å². The first-order chi connectivity index (χ1) is 13.3. The normalized spacial score (nSPS) is 17.6. The Morgan fingerprint density at radius 1 is 1.14 bits per heavy atom. The van der Waals surface area contributed by atoms with Crippen LogP contribution < -0.4 is 10.1 Å². The fourth-order valence-corrected chi connectivity index (χ4v) is 4.93. The van der Waals surface area contributed by atoms with Crippen LogP contribution in [0.2, 0.25) is 5.02 Å². The average Bonchev–Trinajstić information content (AvgIpc) is 3.14. The van der Waals surface area contributed by atoms with Gasteiger partial charge in [0.2, 0.25) is 15.9 Å². The van der Waals surface area contributed by atoms with E-state index < -0.39 is 16.1 Å². The standard InChI is InChI=1S/C20H23ClN2O4S/c1-14(2)27-17-9-7-16(8-10-17)22-20(24)19-4-3-13-23(19)28(25,26)18-11-5-15(21)6-12-18/h5-12,14,19H,3-4,13H2,1-2H3,(H,22,24)/t19-/m1/s1. The molecule has 0 aliphatic carbocycles. The van der Waals surface area contributed by atoms with Crippen molar-refractivity contribution in [2.24, 2.45) is 0 Å². The SMILES string of the molecule is CC(C)Oc1ccc(NC(=O)[C@H]2CCCN2S(=O)(=O)c2ccc(Cl)cc2)cc1. The maximum absolute atomic E-state index is 12.9. The highest BCUT2D eigenvalue weighted by Crippen LogP contribution is 2.28. The van der Waals surface area contributed by atoms with Gasteiger partial charge in [-0.15, -0.1) is 0 Å². The third-order valence-electron chi connectivity index (χ3n) is 4.42. The van der Waals surface area contributed by atoms with Crippen LogP contribution >= 0.6 is 11.6 Å². The number of halogens is 1. The van der Waals surface area contributed by atoms with Gasteiger partial charge in [0, 0.05) is 17.3 Å². The summed E-state index contributed by atoms with van der Waals surface area (Å²) in [6, 6.07) is 12.2. The van der Waals surface area contributed by atoms with Crippen molar-refractivity contribution in [3.8, 4) is 5.75 Å². The number of ether oxygens (including phenoxy) is 1. The van der Waals surface area contributed by atoms with Gasteiger partial charge in [-0.3, -0.25) is 4.79 Å². The largest absolute Gasteiger partial charge is 0.491 e. The number of sulfonamides is 1. The minimum atomic E-state index is -3.77. The van der Waals surface area contributed by atoms with E-state index in [1.54, 1.807) is 24.3 Å². The molecule has 0 aromatic heterocycles. The average molecular weight is 423 g/mol. The predicted octanol–water partition coefficient (Wildman–Crippen LogP) is 3.92. The van der Waals surface area contributed by atoms with Crippen molar-refractivity contribution in [3.63, 3.8) is 0 Å². The quantitative estimate of drug-likeness (QED) is 0.765. The molecule has 2 aromatic carbocycles. The fraction of sp³-hybridized carbons (Fsp3) is 0.350. The Labute approximate surface area is 170 Å². The smallest absolute Gasteiger partial charge is 0.243 e. The van der Waals surface area contributed by atoms with E-state index >= 15 is 0 Å². The van der Waals surface area contributed by atoms with E-state index in [9.17, 15) is 13.2 Å². The molecule has 150 valence electrons. The molecule has 0 unspecified atom stereocenters. The Morgan fingerprint density at radius 3 is 2.39 bits per heavy atom. The van der Waals surface area contributed by atoms with Crippen molar-refractivity contribution in [2.75, 3.05) is 11.9 Å². The summed E-state index contributed by atoms with van der Waals surface area (Å²) in [5.41, 5.74) is 0.594. The highest BCUT2D eigenvalue weighted by Gasteiger charge is 2.39. The van der Waals surface area contributed by atoms with Crippen LogP contribution in [0.5, 0.6) is 5.75 Å². The molecule has 28 heavy (non-hydrogen) atoms. The molecule has 3 rings (SSSR count). The number of nitrogens with one attached hydrogen (secondary N) is 1. The molecule has 0 radical (unpaired) electrons. The van der Waals surface area contributed by atoms with Gasteiger partial charge in [-0.2, -0.15) is 4.31 Å². The van der Waals surface area contributed by atoms with Crippen LogP contribution in [-0.4, -0.2) is 37.3 Å². The van der Waals surface area contributed by atoms with Crippen LogP contribution in [0.15, 0.2) is 53.4 Å². The lowest BCUT2D eigenvalue weighted by molar-refractivity contribution is -0.119. The Kier molecular flexibility index (Phi) is 6.27. The van der Waals surface area contributed by atoms with Crippen LogP contribution in [0.1, 0.15) is 26.7 Å². The van der Waals surface area contributed by atoms with E-state index in [-0.39, 0.29) is 16.9 Å². The lowest BCUT2D eigenvalue weighted by atomic mass is 10.2. The van der Waals surface area contributed by atoms with Crippen LogP contribution in [0.25, 0.3) is 0 Å². The molecular formula is C20H23ClN2O4S. The first kappa shape index (κ1) is 20.6. The Morgan fingerprint density at radius 2 is 1.79 bits per heavy atom. The summed E-state index contributed by atoms with van der Waals surface area (Å²) in [6.45, 7) is 4.18. The van der Waals surface area contributed by atoms with E-state index in [0.29, 0.717) is 35.8 Å². The zero-order valence-electron chi connectivity index (χ0n) is 15.8. The number of hydrogen-bond acceptors (Lipinski definition) is 4. The van der Waals surface area contributed by atoms with Crippen molar-refractivity contribution in [1.82, 2.24) is 4.31 Å². The highest BCUT2D eigenvalue weighted by molar-refractivity contribution is 7.89. The number of carbonyl (C=O) groups excluding carboxylic acids is 1. The Hall–Kier alpha value is -2.09. The van der Waals surface area contributed by atoms with E-state index in [4.69, 9.17) is 16.3 Å². The monoisotopic (exact) mass is 422 g/mol. The molecule has 1 amide bonds. The molecule has 1 aliphatic rings. The van der Waals surface area contributed by atoms with Crippen LogP contribution in [-0.2, 0) is 14.8 Å². The van der Waals surface area contributed by atoms with E-state index in [1.807, 2.05) is 13.8 Å². The lowest BCUT2D eigenvalue weighted by Crippen LogP contribution is -2.43. The van der Waals surface area contributed by atoms with Gasteiger partial charge in [-0.05, 0) is 75.2 Å². The van der Waals surface area contributed by atoms with Gasteiger partial charge in [0.25, 0.3) is 0 Å². The molecule has 1 fully saturated rings. The molecule has 2 aromatic rings. The van der Waals surface area contributed by atoms with Crippen molar-refractivity contribution in [3.05, 3.63) is 53.6 Å². The number of rotatable bonds is 6. The van der Waals surface area contributed by atoms with Gasteiger partial charge < -0.3 is 10.1 Å². The summed E-state index contributed by atoms with van der Waals surface area (Å²) in [4.78, 5) is 12.9. The first-order valence-electron chi connectivity index (χ1n) is 9.12. The number of anilines is 1. The first-order valence-corrected chi connectivity index (χ1v) is 10.9. The molecule has 1 atom stereocenters. The number of nitrogens with zero attached hydrogens (tertiary/aromatic N) is 1. The molecular weight excluding hydrogens is 400 g/mol. The minimum Gasteiger partial charge on any atom is -0.491 e. The zero-order chi connectivity index (χ0) is 20.3. The van der Waals surface area contributed by atoms with Gasteiger partial charge in [0.05, 0.1) is 11.0 Å². The van der Waals surface area contributed by atoms with Crippen LogP contribution in [0, 0.1) is 0 Å². The van der Waals surface area contributed by atoms with E-state index in [0.717, 1.165) is 0 Å². The Balaban J connectivity index is 1.73. The van der Waals surface area contributed by atoms with Gasteiger partial charge in [-0.1, -0.05) is 11.6 Å². The topological polar surface area (TPSA) is 75.7 Å². The summed E-state index contributed by atoms with van der Waals surface area (Å²) in [6.07, 6.45) is 1.17. The fourth-order valence-electron chi connectivity index (χ4n) is 3.15. The van der Waals surface area contributed by atoms with Crippen LogP contribution in [0.3, 0.4) is 0 Å². The number of hydrogen-bond donors (Lipinski definition) is 1. The minimum absolute atomic E-state index is 0.0607. The Bertz CT molecular complexity index is 928. The third kappa shape index (κ3) is 4.66. The summed E-state index contributed by atoms with van der Waals surface area (Å²) < 4.78 is 32.7. The molecule has 0 saturated carbocycles. The summed E-state index contributed by atoms with van der Waals surface area (Å²) >= 11 is 5.85. The van der Waals surface area contributed by atoms with Crippen molar-refractivity contribution in [2.45, 2.75) is 43.7 Å². The summed E-state index contributed by atoms with van der Waals surface area (Å²) in [5.74, 6) is 0.369. The van der Waals surface area contributed by atoms with Crippen molar-refractivity contribution < 1.29 is 17.9 Å². The van der Waals surface area contributed by atoms with Gasteiger partial charge in [0.15, 0.2) is 0 Å². The molecule has 6 nitrogen and oxygen atoms in total. The second-order valence-electron chi connectivity index (χ2n) is 6.91. The number of carbonyl (C=O) groups is 1. The maximum atomic E-state index is 12.9. The lowest BCUT2D eigenvalue weighted by Gasteiger charge is -2.23. The molecule has 0 spiro atoms. The molecule has 1 heterocycles. The number of benzene rings is 2. The second kappa shape index (κ2) is 8.51. The second-order valence-corrected chi connectivity index (χ2v) is 9.23. The van der Waals surface area contributed by atoms with E-state index in [2.05, 4.69) is 5.32 Å². The summed E-state index contributed by atoms with van der Waals surface area (Å²) in [5, 5.41) is 3.26. The molecule has 8 heteroatoms.